The van der Waals surface area contributed by atoms with Gasteiger partial charge in [0.1, 0.15) is 0 Å². The van der Waals surface area contributed by atoms with Crippen LogP contribution in [0.15, 0.2) is 10.2 Å². The van der Waals surface area contributed by atoms with Crippen LogP contribution in [0.4, 0.5) is 0 Å². The molecular weight excluding hydrogens is 192 g/mol. The highest BCUT2D eigenvalue weighted by Crippen LogP contribution is 2.35. The topological polar surface area (TPSA) is 68.1 Å². The lowest BCUT2D eigenvalue weighted by atomic mass is 10.4. The van der Waals surface area contributed by atoms with E-state index in [4.69, 9.17) is 11.6 Å². The van der Waals surface area contributed by atoms with Gasteiger partial charge in [-0.05, 0) is 0 Å². The Morgan fingerprint density at radius 3 is 2.45 bits per heavy atom. The molecule has 11 heavy (non-hydrogen) atoms. The van der Waals surface area contributed by atoms with Crippen LogP contribution in [-0.4, -0.2) is 26.4 Å². The Morgan fingerprint density at radius 1 is 1.55 bits per heavy atom. The molecule has 0 saturated carbocycles. The van der Waals surface area contributed by atoms with Gasteiger partial charge < -0.3 is 0 Å². The van der Waals surface area contributed by atoms with Crippen LogP contribution in [0.1, 0.15) is 6.42 Å². The van der Waals surface area contributed by atoms with Crippen molar-refractivity contribution < 1.29 is 12.6 Å². The van der Waals surface area contributed by atoms with Crippen molar-refractivity contribution in [2.24, 2.45) is 10.2 Å². The van der Waals surface area contributed by atoms with Crippen molar-refractivity contribution in [1.29, 1.82) is 0 Å². The number of hydrogen-bond donors (Lipinski definition) is 0. The number of rotatable bonds is 4. The van der Waals surface area contributed by atoms with Crippen molar-refractivity contribution in [3.05, 3.63) is 0 Å². The molecule has 5 nitrogen and oxygen atoms in total. The summed E-state index contributed by atoms with van der Waals surface area (Å²) in [6.45, 7) is 0.0231. The second-order valence-electron chi connectivity index (χ2n) is 2.19. The molecule has 0 radical (unpaired) electrons. The van der Waals surface area contributed by atoms with Gasteiger partial charge in [0.2, 0.25) is 0 Å². The maximum atomic E-state index is 10.4. The predicted octanol–water partition coefficient (Wildman–Crippen LogP) is 0.711. The molecule has 0 aromatic carbocycles. The van der Waals surface area contributed by atoms with Crippen molar-refractivity contribution in [3.63, 3.8) is 0 Å². The summed E-state index contributed by atoms with van der Waals surface area (Å²) in [6.07, 6.45) is 1.27. The van der Waals surface area contributed by atoms with Crippen molar-refractivity contribution in [2.75, 3.05) is 12.9 Å². The van der Waals surface area contributed by atoms with Crippen molar-refractivity contribution in [2.45, 2.75) is 11.5 Å². The van der Waals surface area contributed by atoms with E-state index in [0.717, 1.165) is 6.26 Å². The fourth-order valence-electron chi connectivity index (χ4n) is 0.477. The van der Waals surface area contributed by atoms with E-state index in [1.807, 2.05) is 0 Å². The predicted molar refractivity (Wildman–Crippen MR) is 38.9 cm³/mol. The number of nitrogens with zero attached hydrogens (tertiary/aromatic N) is 2. The molecule has 0 fully saturated rings. The molecule has 0 amide bonds. The number of halogens is 1. The molecule has 0 atom stereocenters. The zero-order valence-corrected chi connectivity index (χ0v) is 7.39. The zero-order chi connectivity index (χ0) is 8.54. The fourth-order valence-corrected chi connectivity index (χ4v) is 0.978. The second-order valence-corrected chi connectivity index (χ2v) is 4.44. The van der Waals surface area contributed by atoms with Gasteiger partial charge in [0.25, 0.3) is 15.2 Å². The van der Waals surface area contributed by atoms with Gasteiger partial charge in [-0.2, -0.15) is 8.42 Å². The van der Waals surface area contributed by atoms with Gasteiger partial charge in [0.15, 0.2) is 0 Å². The molecule has 0 N–H and O–H groups in total. The lowest BCUT2D eigenvalue weighted by Gasteiger charge is -2.00. The minimum atomic E-state index is -3.36. The van der Waals surface area contributed by atoms with Gasteiger partial charge >= 0.3 is 0 Å². The quantitative estimate of drug-likeness (QED) is 0.380. The summed E-state index contributed by atoms with van der Waals surface area (Å²) < 4.78 is 25.2. The smallest absolute Gasteiger partial charge is 0.265 e. The first-order chi connectivity index (χ1) is 4.91. The summed E-state index contributed by atoms with van der Waals surface area (Å²) in [5, 5.41) is 6.04. The van der Waals surface area contributed by atoms with Gasteiger partial charge in [0.05, 0.1) is 12.9 Å². The first-order valence-electron chi connectivity index (χ1n) is 2.89. The Bertz CT molecular complexity index is 267. The molecule has 0 bridgehead atoms. The summed E-state index contributed by atoms with van der Waals surface area (Å²) in [4.78, 5) is 0. The molecule has 1 aliphatic heterocycles. The molecule has 64 valence electrons. The summed E-state index contributed by atoms with van der Waals surface area (Å²) in [6, 6.07) is 0. The lowest BCUT2D eigenvalue weighted by molar-refractivity contribution is 0.309. The van der Waals surface area contributed by atoms with E-state index >= 15 is 0 Å². The third kappa shape index (κ3) is 3.64. The van der Waals surface area contributed by atoms with E-state index in [9.17, 15) is 8.42 Å². The molecular formula is C4H7ClN2O3S. The molecule has 0 spiro atoms. The molecule has 1 aliphatic rings. The second kappa shape index (κ2) is 2.69. The van der Waals surface area contributed by atoms with Crippen LogP contribution in [0.3, 0.4) is 0 Å². The van der Waals surface area contributed by atoms with Gasteiger partial charge in [-0.15, -0.1) is 10.2 Å². The Labute approximate surface area is 69.5 Å². The SMILES string of the molecule is CS(=O)(=O)OCCC1(Cl)N=N1. The van der Waals surface area contributed by atoms with Gasteiger partial charge in [-0.1, -0.05) is 11.6 Å². The Morgan fingerprint density at radius 2 is 2.09 bits per heavy atom. The van der Waals surface area contributed by atoms with Crippen LogP contribution >= 0.6 is 11.6 Å². The summed E-state index contributed by atoms with van der Waals surface area (Å²) in [5.74, 6) is 0. The van der Waals surface area contributed by atoms with E-state index in [0.29, 0.717) is 6.42 Å². The van der Waals surface area contributed by atoms with Crippen LogP contribution in [0, 0.1) is 0 Å². The normalized spacial score (nSPS) is 20.2. The first kappa shape index (κ1) is 8.89. The standard InChI is InChI=1S/C4H7ClN2O3S/c1-11(8,9)10-3-2-4(5)6-7-4/h2-3H2,1H3. The number of alkyl halides is 1. The first-order valence-corrected chi connectivity index (χ1v) is 5.08. The average molecular weight is 199 g/mol. The van der Waals surface area contributed by atoms with Crippen molar-refractivity contribution >= 4 is 21.7 Å². The fraction of sp³-hybridized carbons (Fsp3) is 1.00. The molecule has 1 rings (SSSR count). The van der Waals surface area contributed by atoms with Crippen LogP contribution in [0.25, 0.3) is 0 Å². The van der Waals surface area contributed by atoms with Gasteiger partial charge in [-0.25, -0.2) is 0 Å². The minimum absolute atomic E-state index is 0.0231. The molecule has 0 aromatic rings. The van der Waals surface area contributed by atoms with E-state index in [-0.39, 0.29) is 6.61 Å². The van der Waals surface area contributed by atoms with Crippen LogP contribution in [-0.2, 0) is 14.3 Å². The summed E-state index contributed by atoms with van der Waals surface area (Å²) >= 11 is 5.56. The van der Waals surface area contributed by atoms with E-state index in [1.54, 1.807) is 0 Å². The van der Waals surface area contributed by atoms with Crippen LogP contribution in [0.2, 0.25) is 0 Å². The summed E-state index contributed by atoms with van der Waals surface area (Å²) in [5.41, 5.74) is 0. The van der Waals surface area contributed by atoms with Crippen LogP contribution < -0.4 is 0 Å². The largest absolute Gasteiger partial charge is 0.270 e. The average Bonchev–Trinajstić information content (AvgIpc) is 2.44. The highest BCUT2D eigenvalue weighted by Gasteiger charge is 2.37. The summed E-state index contributed by atoms with van der Waals surface area (Å²) in [7, 11) is -3.36. The third-order valence-corrected chi connectivity index (χ3v) is 1.97. The maximum absolute atomic E-state index is 10.4. The molecule has 0 saturated heterocycles. The molecule has 0 aliphatic carbocycles. The molecule has 1 heterocycles. The Kier molecular flexibility index (Phi) is 2.17. The van der Waals surface area contributed by atoms with Crippen molar-refractivity contribution in [1.82, 2.24) is 0 Å². The molecule has 7 heteroatoms. The third-order valence-electron chi connectivity index (χ3n) is 1.03. The Hall–Kier alpha value is -0.200. The minimum Gasteiger partial charge on any atom is -0.270 e. The molecule has 0 aromatic heterocycles. The maximum Gasteiger partial charge on any atom is 0.265 e. The zero-order valence-electron chi connectivity index (χ0n) is 5.82. The van der Waals surface area contributed by atoms with Crippen LogP contribution in [0.5, 0.6) is 0 Å². The lowest BCUT2D eigenvalue weighted by Crippen LogP contribution is -2.10. The van der Waals surface area contributed by atoms with Gasteiger partial charge in [0, 0.05) is 6.42 Å². The number of hydrogen-bond acceptors (Lipinski definition) is 5. The van der Waals surface area contributed by atoms with E-state index in [1.165, 1.54) is 0 Å². The van der Waals surface area contributed by atoms with E-state index in [2.05, 4.69) is 14.4 Å². The Balaban J connectivity index is 2.15. The molecule has 0 unspecified atom stereocenters. The highest BCUT2D eigenvalue weighted by atomic mass is 35.5. The van der Waals surface area contributed by atoms with Gasteiger partial charge in [-0.3, -0.25) is 4.18 Å². The highest BCUT2D eigenvalue weighted by molar-refractivity contribution is 7.85. The van der Waals surface area contributed by atoms with Crippen molar-refractivity contribution in [3.8, 4) is 0 Å². The van der Waals surface area contributed by atoms with E-state index < -0.39 is 15.2 Å². The monoisotopic (exact) mass is 198 g/mol.